The van der Waals surface area contributed by atoms with Crippen LogP contribution in [0.2, 0.25) is 0 Å². The number of nitrogens with one attached hydrogen (secondary N) is 2. The maximum atomic E-state index is 13.5. The van der Waals surface area contributed by atoms with E-state index in [1.165, 1.54) is 62.8 Å². The zero-order valence-electron chi connectivity index (χ0n) is 21.4. The summed E-state index contributed by atoms with van der Waals surface area (Å²) in [6.45, 7) is 0. The number of methoxy groups -OCH3 is 2. The van der Waals surface area contributed by atoms with Crippen LogP contribution in [0, 0.1) is 17.8 Å². The summed E-state index contributed by atoms with van der Waals surface area (Å²) in [5.74, 6) is 0.663. The predicted octanol–water partition coefficient (Wildman–Crippen LogP) is 5.81. The minimum Gasteiger partial charge on any atom is -0.465 e. The molecule has 1 heterocycles. The van der Waals surface area contributed by atoms with Gasteiger partial charge in [-0.15, -0.1) is 0 Å². The van der Waals surface area contributed by atoms with Crippen LogP contribution in [-0.2, 0) is 9.47 Å². The van der Waals surface area contributed by atoms with Crippen molar-refractivity contribution in [1.82, 2.24) is 0 Å². The van der Waals surface area contributed by atoms with E-state index in [2.05, 4.69) is 41.0 Å². The summed E-state index contributed by atoms with van der Waals surface area (Å²) < 4.78 is 9.67. The second-order valence-electron chi connectivity index (χ2n) is 10.5. The third-order valence-electron chi connectivity index (χ3n) is 8.60. The summed E-state index contributed by atoms with van der Waals surface area (Å²) in [5.41, 5.74) is 4.66. The summed E-state index contributed by atoms with van der Waals surface area (Å²) in [4.78, 5) is 37.9. The van der Waals surface area contributed by atoms with Crippen LogP contribution in [0.5, 0.6) is 0 Å². The number of rotatable bonds is 5. The highest BCUT2D eigenvalue weighted by Gasteiger charge is 2.53. The van der Waals surface area contributed by atoms with Crippen LogP contribution in [0.15, 0.2) is 66.7 Å². The lowest BCUT2D eigenvalue weighted by Crippen LogP contribution is -2.35. The van der Waals surface area contributed by atoms with Gasteiger partial charge in [0.1, 0.15) is 0 Å². The Hall–Kier alpha value is -4.13. The van der Waals surface area contributed by atoms with Gasteiger partial charge in [0.2, 0.25) is 0 Å². The van der Waals surface area contributed by atoms with E-state index < -0.39 is 11.9 Å². The van der Waals surface area contributed by atoms with Gasteiger partial charge in [0.15, 0.2) is 0 Å². The molecule has 3 aliphatic rings. The molecule has 3 aromatic carbocycles. The quantitative estimate of drug-likeness (QED) is 0.421. The van der Waals surface area contributed by atoms with E-state index in [0.717, 1.165) is 5.69 Å². The van der Waals surface area contributed by atoms with Crippen molar-refractivity contribution in [1.29, 1.82) is 0 Å². The molecule has 1 aliphatic heterocycles. The molecular formula is C31H30N2O5. The van der Waals surface area contributed by atoms with Gasteiger partial charge in [0, 0.05) is 11.3 Å². The fourth-order valence-electron chi connectivity index (χ4n) is 6.99. The van der Waals surface area contributed by atoms with Crippen LogP contribution in [0.4, 0.5) is 11.4 Å². The first-order valence-corrected chi connectivity index (χ1v) is 13.1. The Morgan fingerprint density at radius 2 is 1.58 bits per heavy atom. The first-order chi connectivity index (χ1) is 18.5. The Balaban J connectivity index is 1.33. The van der Waals surface area contributed by atoms with E-state index in [-0.39, 0.29) is 28.8 Å². The molecule has 194 valence electrons. The van der Waals surface area contributed by atoms with Crippen molar-refractivity contribution in [2.24, 2.45) is 17.8 Å². The molecule has 2 aliphatic carbocycles. The second-order valence-corrected chi connectivity index (χ2v) is 10.5. The Morgan fingerprint density at radius 1 is 0.842 bits per heavy atom. The largest absolute Gasteiger partial charge is 0.465 e. The normalized spacial score (nSPS) is 24.5. The van der Waals surface area contributed by atoms with E-state index in [1.807, 2.05) is 12.1 Å². The Kier molecular flexibility index (Phi) is 6.14. The van der Waals surface area contributed by atoms with E-state index in [4.69, 9.17) is 9.47 Å². The van der Waals surface area contributed by atoms with Gasteiger partial charge in [-0.2, -0.15) is 0 Å². The van der Waals surface area contributed by atoms with Crippen molar-refractivity contribution in [3.63, 3.8) is 0 Å². The second kappa shape index (κ2) is 9.63. The average Bonchev–Trinajstić information content (AvgIpc) is 3.59. The molecule has 0 aromatic heterocycles. The maximum absolute atomic E-state index is 13.5. The molecule has 7 heteroatoms. The van der Waals surface area contributed by atoms with Gasteiger partial charge in [-0.3, -0.25) is 4.79 Å². The monoisotopic (exact) mass is 510 g/mol. The Bertz CT molecular complexity index is 1420. The van der Waals surface area contributed by atoms with Crippen LogP contribution in [-0.4, -0.2) is 32.1 Å². The third-order valence-corrected chi connectivity index (χ3v) is 8.60. The molecule has 7 nitrogen and oxygen atoms in total. The topological polar surface area (TPSA) is 93.7 Å². The smallest absolute Gasteiger partial charge is 0.339 e. The fourth-order valence-corrected chi connectivity index (χ4v) is 6.99. The summed E-state index contributed by atoms with van der Waals surface area (Å²) in [5, 5.41) is 6.63. The molecule has 2 saturated carbocycles. The van der Waals surface area contributed by atoms with Gasteiger partial charge in [-0.25, -0.2) is 9.59 Å². The van der Waals surface area contributed by atoms with E-state index in [9.17, 15) is 14.4 Å². The number of benzene rings is 3. The first kappa shape index (κ1) is 24.2. The number of fused-ring (bicyclic) bond motifs is 7. The molecule has 2 bridgehead atoms. The first-order valence-electron chi connectivity index (χ1n) is 13.1. The minimum absolute atomic E-state index is 0.159. The molecule has 6 rings (SSSR count). The molecule has 0 spiro atoms. The molecule has 1 amide bonds. The number of anilines is 2. The van der Waals surface area contributed by atoms with Crippen LogP contribution >= 0.6 is 0 Å². The molecule has 38 heavy (non-hydrogen) atoms. The third kappa shape index (κ3) is 4.02. The van der Waals surface area contributed by atoms with Crippen molar-refractivity contribution in [3.05, 3.63) is 94.5 Å². The highest BCUT2D eigenvalue weighted by molar-refractivity contribution is 6.09. The zero-order valence-corrected chi connectivity index (χ0v) is 21.4. The van der Waals surface area contributed by atoms with Crippen LogP contribution in [0.25, 0.3) is 0 Å². The lowest BCUT2D eigenvalue weighted by Gasteiger charge is -2.43. The zero-order chi connectivity index (χ0) is 26.4. The van der Waals surface area contributed by atoms with Crippen molar-refractivity contribution in [2.45, 2.75) is 31.2 Å². The van der Waals surface area contributed by atoms with Crippen molar-refractivity contribution >= 4 is 29.2 Å². The van der Waals surface area contributed by atoms with Crippen LogP contribution in [0.3, 0.4) is 0 Å². The Labute approximate surface area is 221 Å². The number of hydrogen-bond donors (Lipinski definition) is 2. The van der Waals surface area contributed by atoms with E-state index >= 15 is 0 Å². The molecule has 0 unspecified atom stereocenters. The standard InChI is InChI=1S/C31H30N2O5/c1-37-30(35)21-10-12-22(31(36)38-2)25(16-21)33-29(34)20-11-13-24-23(15-20)26-18-8-9-19(14-18)27(26)28(32-24)17-6-4-3-5-7-17/h3-7,10-13,15-16,18-19,26-28,32H,8-9,14H2,1-2H3,(H,33,34)/t18-,19-,26-,27-,28+/m0/s1. The molecule has 5 atom stereocenters. The Morgan fingerprint density at radius 3 is 2.34 bits per heavy atom. The van der Waals surface area contributed by atoms with Gasteiger partial charge < -0.3 is 20.1 Å². The van der Waals surface area contributed by atoms with Crippen molar-refractivity contribution in [2.75, 3.05) is 24.9 Å². The number of ether oxygens (including phenoxy) is 2. The summed E-state index contributed by atoms with van der Waals surface area (Å²) in [6, 6.07) is 21.1. The molecule has 2 N–H and O–H groups in total. The van der Waals surface area contributed by atoms with Crippen molar-refractivity contribution < 1.29 is 23.9 Å². The summed E-state index contributed by atoms with van der Waals surface area (Å²) in [7, 11) is 2.55. The SMILES string of the molecule is COC(=O)c1ccc(C(=O)OC)c(NC(=O)c2ccc3c(c2)[C@@H]2[C@H]4CC[C@@H](C4)[C@@H]2[C@@H](c2ccccc2)N3)c1. The lowest BCUT2D eigenvalue weighted by molar-refractivity contribution is 0.0587. The number of hydrogen-bond acceptors (Lipinski definition) is 6. The predicted molar refractivity (Wildman–Crippen MR) is 143 cm³/mol. The van der Waals surface area contributed by atoms with Gasteiger partial charge in [-0.1, -0.05) is 30.3 Å². The van der Waals surface area contributed by atoms with Crippen LogP contribution < -0.4 is 10.6 Å². The van der Waals surface area contributed by atoms with Gasteiger partial charge in [-0.05, 0) is 90.5 Å². The molecule has 2 fully saturated rings. The van der Waals surface area contributed by atoms with E-state index in [0.29, 0.717) is 29.2 Å². The van der Waals surface area contributed by atoms with Gasteiger partial charge in [0.25, 0.3) is 5.91 Å². The molecular weight excluding hydrogens is 480 g/mol. The van der Waals surface area contributed by atoms with Crippen molar-refractivity contribution in [3.8, 4) is 0 Å². The van der Waals surface area contributed by atoms with Gasteiger partial charge >= 0.3 is 11.9 Å². The minimum atomic E-state index is -0.608. The number of amides is 1. The van der Waals surface area contributed by atoms with Crippen LogP contribution in [0.1, 0.15) is 73.4 Å². The highest BCUT2D eigenvalue weighted by atomic mass is 16.5. The summed E-state index contributed by atoms with van der Waals surface area (Å²) >= 11 is 0. The fraction of sp³-hybridized carbons (Fsp3) is 0.323. The molecule has 0 radical (unpaired) electrons. The lowest BCUT2D eigenvalue weighted by atomic mass is 9.68. The van der Waals surface area contributed by atoms with Gasteiger partial charge in [0.05, 0.1) is 37.1 Å². The maximum Gasteiger partial charge on any atom is 0.339 e. The number of esters is 2. The van der Waals surface area contributed by atoms with E-state index in [1.54, 1.807) is 6.07 Å². The average molecular weight is 511 g/mol. The molecule has 3 aromatic rings. The summed E-state index contributed by atoms with van der Waals surface area (Å²) in [6.07, 6.45) is 3.73. The number of carbonyl (C=O) groups is 3. The highest BCUT2D eigenvalue weighted by Crippen LogP contribution is 2.63. The molecule has 0 saturated heterocycles. The number of carbonyl (C=O) groups excluding carboxylic acids is 3.